The van der Waals surface area contributed by atoms with Gasteiger partial charge in [-0.2, -0.15) is 5.10 Å². The van der Waals surface area contributed by atoms with Crippen molar-refractivity contribution in [3.8, 4) is 0 Å². The summed E-state index contributed by atoms with van der Waals surface area (Å²) in [5, 5.41) is 20.6. The zero-order valence-electron chi connectivity index (χ0n) is 12.1. The highest BCUT2D eigenvalue weighted by molar-refractivity contribution is 6.02. The lowest BCUT2D eigenvalue weighted by molar-refractivity contribution is 0.0924. The van der Waals surface area contributed by atoms with E-state index in [1.54, 1.807) is 0 Å². The number of aryl methyl sites for hydroxylation is 1. The van der Waals surface area contributed by atoms with E-state index in [2.05, 4.69) is 27.2 Å². The highest BCUT2D eigenvalue weighted by Gasteiger charge is 2.27. The highest BCUT2D eigenvalue weighted by Crippen LogP contribution is 2.26. The van der Waals surface area contributed by atoms with Gasteiger partial charge in [0.15, 0.2) is 11.7 Å². The zero-order valence-corrected chi connectivity index (χ0v) is 12.1. The minimum atomic E-state index is 0.0665. The normalized spacial score (nSPS) is 20.2. The van der Waals surface area contributed by atoms with Crippen molar-refractivity contribution < 1.29 is 9.94 Å². The summed E-state index contributed by atoms with van der Waals surface area (Å²) in [6, 6.07) is 0.227. The van der Waals surface area contributed by atoms with Gasteiger partial charge in [0.25, 0.3) is 0 Å². The molecule has 0 spiro atoms. The topological polar surface area (TPSA) is 96.9 Å². The minimum absolute atomic E-state index is 0.0665. The Balaban J connectivity index is 2.52. The fourth-order valence-electron chi connectivity index (χ4n) is 2.43. The SMILES string of the molecule is CCC1COCCN1c1nnc(C)c(C)c1/C(N)=N/O. The molecule has 0 amide bonds. The molecule has 1 aliphatic heterocycles. The first-order valence-corrected chi connectivity index (χ1v) is 6.76. The molecule has 20 heavy (non-hydrogen) atoms. The summed E-state index contributed by atoms with van der Waals surface area (Å²) in [7, 11) is 0. The quantitative estimate of drug-likeness (QED) is 0.368. The number of hydrogen-bond donors (Lipinski definition) is 2. The Hall–Kier alpha value is -1.89. The summed E-state index contributed by atoms with van der Waals surface area (Å²) in [6.07, 6.45) is 0.935. The van der Waals surface area contributed by atoms with Gasteiger partial charge in [-0.25, -0.2) is 0 Å². The van der Waals surface area contributed by atoms with Crippen molar-refractivity contribution >= 4 is 11.7 Å². The summed E-state index contributed by atoms with van der Waals surface area (Å²) >= 11 is 0. The number of nitrogens with zero attached hydrogens (tertiary/aromatic N) is 4. The van der Waals surface area contributed by atoms with E-state index in [0.717, 1.165) is 24.2 Å². The van der Waals surface area contributed by atoms with Gasteiger partial charge < -0.3 is 20.6 Å². The number of aromatic nitrogens is 2. The van der Waals surface area contributed by atoms with Crippen LogP contribution < -0.4 is 10.6 Å². The van der Waals surface area contributed by atoms with E-state index in [-0.39, 0.29) is 11.9 Å². The van der Waals surface area contributed by atoms with Gasteiger partial charge in [0, 0.05) is 6.54 Å². The number of nitrogens with two attached hydrogens (primary N) is 1. The van der Waals surface area contributed by atoms with Crippen LogP contribution in [0, 0.1) is 13.8 Å². The predicted octanol–water partition coefficient (Wildman–Crippen LogP) is 0.803. The molecule has 1 saturated heterocycles. The zero-order chi connectivity index (χ0) is 14.7. The number of morpholine rings is 1. The predicted molar refractivity (Wildman–Crippen MR) is 76.3 cm³/mol. The molecule has 1 aromatic rings. The van der Waals surface area contributed by atoms with Crippen molar-refractivity contribution in [2.45, 2.75) is 33.2 Å². The second kappa shape index (κ2) is 6.04. The van der Waals surface area contributed by atoms with E-state index >= 15 is 0 Å². The Morgan fingerprint density at radius 1 is 1.50 bits per heavy atom. The number of oxime groups is 1. The van der Waals surface area contributed by atoms with Gasteiger partial charge in [-0.1, -0.05) is 12.1 Å². The van der Waals surface area contributed by atoms with Gasteiger partial charge in [0.2, 0.25) is 0 Å². The first kappa shape index (κ1) is 14.5. The fourth-order valence-corrected chi connectivity index (χ4v) is 2.43. The number of rotatable bonds is 3. The third-order valence-corrected chi connectivity index (χ3v) is 3.77. The fraction of sp³-hybridized carbons (Fsp3) is 0.615. The van der Waals surface area contributed by atoms with Crippen molar-refractivity contribution in [2.75, 3.05) is 24.7 Å². The first-order valence-electron chi connectivity index (χ1n) is 6.76. The Bertz CT molecular complexity index is 518. The molecule has 2 rings (SSSR count). The Kier molecular flexibility index (Phi) is 4.39. The molecule has 1 fully saturated rings. The van der Waals surface area contributed by atoms with Crippen LogP contribution in [0.5, 0.6) is 0 Å². The number of ether oxygens (including phenoxy) is 1. The van der Waals surface area contributed by atoms with Gasteiger partial charge in [-0.15, -0.1) is 5.10 Å². The smallest absolute Gasteiger partial charge is 0.174 e. The van der Waals surface area contributed by atoms with E-state index < -0.39 is 0 Å². The monoisotopic (exact) mass is 279 g/mol. The van der Waals surface area contributed by atoms with Gasteiger partial charge in [-0.05, 0) is 25.8 Å². The third-order valence-electron chi connectivity index (χ3n) is 3.77. The number of anilines is 1. The lowest BCUT2D eigenvalue weighted by Crippen LogP contribution is -2.46. The molecule has 0 saturated carbocycles. The van der Waals surface area contributed by atoms with Gasteiger partial charge >= 0.3 is 0 Å². The molecular weight excluding hydrogens is 258 g/mol. The van der Waals surface area contributed by atoms with Crippen molar-refractivity contribution in [1.29, 1.82) is 0 Å². The molecule has 0 radical (unpaired) electrons. The molecule has 110 valence electrons. The van der Waals surface area contributed by atoms with Crippen LogP contribution in [0.4, 0.5) is 5.82 Å². The largest absolute Gasteiger partial charge is 0.409 e. The summed E-state index contributed by atoms with van der Waals surface area (Å²) in [5.41, 5.74) is 8.14. The van der Waals surface area contributed by atoms with E-state index in [1.165, 1.54) is 0 Å². The molecule has 1 aliphatic rings. The minimum Gasteiger partial charge on any atom is -0.409 e. The standard InChI is InChI=1S/C13H21N5O2/c1-4-10-7-20-6-5-18(10)13-11(12(14)17-19)8(2)9(3)15-16-13/h10,19H,4-7H2,1-3H3,(H2,14,17). The molecule has 7 nitrogen and oxygen atoms in total. The summed E-state index contributed by atoms with van der Waals surface area (Å²) in [5.74, 6) is 0.732. The summed E-state index contributed by atoms with van der Waals surface area (Å²) < 4.78 is 5.50. The maximum absolute atomic E-state index is 9.02. The number of amidine groups is 1. The van der Waals surface area contributed by atoms with Crippen LogP contribution in [0.3, 0.4) is 0 Å². The molecule has 0 aromatic carbocycles. The maximum Gasteiger partial charge on any atom is 0.174 e. The first-order chi connectivity index (χ1) is 9.60. The van der Waals surface area contributed by atoms with Crippen LogP contribution in [0.1, 0.15) is 30.2 Å². The van der Waals surface area contributed by atoms with Crippen LogP contribution in [0.2, 0.25) is 0 Å². The molecule has 1 atom stereocenters. The second-order valence-electron chi connectivity index (χ2n) is 4.92. The summed E-state index contributed by atoms with van der Waals surface area (Å²) in [6.45, 7) is 7.88. The van der Waals surface area contributed by atoms with Crippen LogP contribution in [-0.2, 0) is 4.74 Å². The average molecular weight is 279 g/mol. The third kappa shape index (κ3) is 2.53. The van der Waals surface area contributed by atoms with Crippen molar-refractivity contribution in [1.82, 2.24) is 10.2 Å². The Morgan fingerprint density at radius 2 is 2.25 bits per heavy atom. The Morgan fingerprint density at radius 3 is 2.90 bits per heavy atom. The highest BCUT2D eigenvalue weighted by atomic mass is 16.5. The van der Waals surface area contributed by atoms with E-state index in [9.17, 15) is 0 Å². The average Bonchev–Trinajstić information content (AvgIpc) is 2.49. The molecule has 7 heteroatoms. The lowest BCUT2D eigenvalue weighted by atomic mass is 10.1. The maximum atomic E-state index is 9.02. The molecular formula is C13H21N5O2. The summed E-state index contributed by atoms with van der Waals surface area (Å²) in [4.78, 5) is 2.14. The van der Waals surface area contributed by atoms with Crippen LogP contribution >= 0.6 is 0 Å². The van der Waals surface area contributed by atoms with Crippen LogP contribution in [0.25, 0.3) is 0 Å². The second-order valence-corrected chi connectivity index (χ2v) is 4.92. The van der Waals surface area contributed by atoms with E-state index in [4.69, 9.17) is 15.7 Å². The molecule has 1 aromatic heterocycles. The van der Waals surface area contributed by atoms with Gasteiger partial charge in [0.05, 0.1) is 30.5 Å². The molecule has 1 unspecified atom stereocenters. The van der Waals surface area contributed by atoms with Crippen molar-refractivity contribution in [3.63, 3.8) is 0 Å². The Labute approximate surface area is 118 Å². The van der Waals surface area contributed by atoms with Gasteiger partial charge in [0.1, 0.15) is 0 Å². The lowest BCUT2D eigenvalue weighted by Gasteiger charge is -2.36. The van der Waals surface area contributed by atoms with Gasteiger partial charge in [-0.3, -0.25) is 0 Å². The molecule has 0 bridgehead atoms. The van der Waals surface area contributed by atoms with Crippen molar-refractivity contribution in [3.05, 3.63) is 16.8 Å². The van der Waals surface area contributed by atoms with Crippen LogP contribution in [-0.4, -0.2) is 47.0 Å². The van der Waals surface area contributed by atoms with E-state index in [0.29, 0.717) is 24.6 Å². The van der Waals surface area contributed by atoms with Crippen LogP contribution in [0.15, 0.2) is 5.16 Å². The molecule has 3 N–H and O–H groups in total. The molecule has 2 heterocycles. The molecule has 0 aliphatic carbocycles. The van der Waals surface area contributed by atoms with Crippen molar-refractivity contribution in [2.24, 2.45) is 10.9 Å². The van der Waals surface area contributed by atoms with E-state index in [1.807, 2.05) is 13.8 Å². The number of hydrogen-bond acceptors (Lipinski definition) is 6.